The molecule has 202 valence electrons. The first kappa shape index (κ1) is 32.0. The van der Waals surface area contributed by atoms with E-state index in [4.69, 9.17) is 9.47 Å². The minimum Gasteiger partial charge on any atom is -0.389 e. The zero-order chi connectivity index (χ0) is 25.5. The summed E-state index contributed by atoms with van der Waals surface area (Å²) in [4.78, 5) is 12.6. The van der Waals surface area contributed by atoms with Gasteiger partial charge in [-0.15, -0.1) is 24.2 Å². The standard InChI is InChI=1S/C24H37F3N2O4S.ClH/c1-14(2)34-19-7-17(6-18(27)9-19)8-20(29-16(4)30)22(31)21-10-32-23(15(3)28-21)33-13-24(5,11-25)12-26;/h6-7,9,14-15,20-23,28,31H,8,10-13H2,1-5H3,(H,29,30);1H/t15-,20-,21+,22-,23-;/m0./s1. The van der Waals surface area contributed by atoms with Crippen molar-refractivity contribution >= 4 is 30.1 Å². The van der Waals surface area contributed by atoms with Gasteiger partial charge in [-0.1, -0.05) is 20.8 Å². The van der Waals surface area contributed by atoms with Crippen molar-refractivity contribution in [3.63, 3.8) is 0 Å². The molecular weight excluding hydrogens is 505 g/mol. The van der Waals surface area contributed by atoms with Crippen LogP contribution in [-0.2, 0) is 20.7 Å². The van der Waals surface area contributed by atoms with Crippen LogP contribution in [-0.4, -0.2) is 73.3 Å². The molecule has 0 unspecified atom stereocenters. The number of hydrogen-bond acceptors (Lipinski definition) is 6. The van der Waals surface area contributed by atoms with Crippen LogP contribution in [0.25, 0.3) is 0 Å². The molecule has 1 amide bonds. The molecule has 0 spiro atoms. The van der Waals surface area contributed by atoms with Gasteiger partial charge in [-0.05, 0) is 37.1 Å². The number of hydrogen-bond donors (Lipinski definition) is 3. The number of ether oxygens (including phenoxy) is 2. The smallest absolute Gasteiger partial charge is 0.217 e. The monoisotopic (exact) mass is 542 g/mol. The van der Waals surface area contributed by atoms with Crippen molar-refractivity contribution in [2.24, 2.45) is 5.41 Å². The minimum absolute atomic E-state index is 0. The summed E-state index contributed by atoms with van der Waals surface area (Å²) in [6.07, 6.45) is -1.56. The van der Waals surface area contributed by atoms with Crippen LogP contribution in [0, 0.1) is 11.2 Å². The van der Waals surface area contributed by atoms with E-state index in [0.29, 0.717) is 5.56 Å². The average molecular weight is 543 g/mol. The molecule has 1 aliphatic heterocycles. The lowest BCUT2D eigenvalue weighted by molar-refractivity contribution is -0.205. The van der Waals surface area contributed by atoms with Crippen LogP contribution in [0.4, 0.5) is 13.2 Å². The SMILES string of the molecule is CC(=O)N[C@@H](Cc1cc(F)cc(SC(C)C)c1)[C@H](O)[C@H]1CO[C@@H](OCC(C)(CF)CF)[C@H](C)N1.Cl. The van der Waals surface area contributed by atoms with Crippen molar-refractivity contribution in [3.8, 4) is 0 Å². The Morgan fingerprint density at radius 3 is 2.54 bits per heavy atom. The maximum atomic E-state index is 14.2. The number of alkyl halides is 2. The van der Waals surface area contributed by atoms with Gasteiger partial charge in [0.1, 0.15) is 5.82 Å². The third-order valence-electron chi connectivity index (χ3n) is 5.54. The van der Waals surface area contributed by atoms with Gasteiger partial charge in [0.2, 0.25) is 5.91 Å². The summed E-state index contributed by atoms with van der Waals surface area (Å²) in [7, 11) is 0. The van der Waals surface area contributed by atoms with E-state index in [1.54, 1.807) is 6.92 Å². The molecule has 5 atom stereocenters. The lowest BCUT2D eigenvalue weighted by Gasteiger charge is -2.40. The second kappa shape index (κ2) is 14.6. The maximum Gasteiger partial charge on any atom is 0.217 e. The van der Waals surface area contributed by atoms with E-state index >= 15 is 0 Å². The Kier molecular flexibility index (Phi) is 13.4. The molecule has 11 heteroatoms. The number of carbonyl (C=O) groups excluding carboxylic acids is 1. The summed E-state index contributed by atoms with van der Waals surface area (Å²) in [6, 6.07) is 3.11. The highest BCUT2D eigenvalue weighted by Gasteiger charge is 2.37. The fraction of sp³-hybridized carbons (Fsp3) is 0.708. The van der Waals surface area contributed by atoms with Crippen LogP contribution < -0.4 is 10.6 Å². The summed E-state index contributed by atoms with van der Waals surface area (Å²) >= 11 is 1.53. The third kappa shape index (κ3) is 10.1. The van der Waals surface area contributed by atoms with E-state index in [0.717, 1.165) is 4.90 Å². The Bertz CT molecular complexity index is 804. The minimum atomic E-state index is -1.23. The van der Waals surface area contributed by atoms with E-state index in [-0.39, 0.29) is 55.1 Å². The van der Waals surface area contributed by atoms with Gasteiger partial charge in [0.15, 0.2) is 6.29 Å². The number of benzene rings is 1. The van der Waals surface area contributed by atoms with E-state index in [2.05, 4.69) is 10.6 Å². The first-order chi connectivity index (χ1) is 16.0. The quantitative estimate of drug-likeness (QED) is 0.349. The van der Waals surface area contributed by atoms with Gasteiger partial charge in [-0.2, -0.15) is 0 Å². The largest absolute Gasteiger partial charge is 0.389 e. The number of rotatable bonds is 12. The third-order valence-corrected chi connectivity index (χ3v) is 6.52. The second-order valence-electron chi connectivity index (χ2n) is 9.62. The maximum absolute atomic E-state index is 14.2. The number of aliphatic hydroxyl groups is 1. The fourth-order valence-electron chi connectivity index (χ4n) is 3.72. The molecule has 6 nitrogen and oxygen atoms in total. The molecule has 1 aromatic carbocycles. The summed E-state index contributed by atoms with van der Waals surface area (Å²) in [5.74, 6) is -0.696. The van der Waals surface area contributed by atoms with Crippen molar-refractivity contribution in [3.05, 3.63) is 29.6 Å². The molecule has 0 aromatic heterocycles. The second-order valence-corrected chi connectivity index (χ2v) is 11.3. The molecule has 3 N–H and O–H groups in total. The van der Waals surface area contributed by atoms with Crippen LogP contribution in [0.5, 0.6) is 0 Å². The van der Waals surface area contributed by atoms with Gasteiger partial charge >= 0.3 is 0 Å². The number of carbonyl (C=O) groups is 1. The molecule has 0 radical (unpaired) electrons. The van der Waals surface area contributed by atoms with Crippen molar-refractivity contribution in [2.75, 3.05) is 26.6 Å². The Morgan fingerprint density at radius 2 is 2.00 bits per heavy atom. The van der Waals surface area contributed by atoms with Crippen molar-refractivity contribution in [1.29, 1.82) is 0 Å². The lowest BCUT2D eigenvalue weighted by Crippen LogP contribution is -2.62. The number of amides is 1. The van der Waals surface area contributed by atoms with Gasteiger partial charge in [0.05, 0.1) is 50.8 Å². The Balaban J connectivity index is 0.00000612. The van der Waals surface area contributed by atoms with Gasteiger partial charge in [-0.3, -0.25) is 13.6 Å². The molecule has 1 aromatic rings. The molecular formula is C24H38ClF3N2O4S. The highest BCUT2D eigenvalue weighted by molar-refractivity contribution is 7.99. The summed E-state index contributed by atoms with van der Waals surface area (Å²) in [5.41, 5.74) is -0.572. The van der Waals surface area contributed by atoms with E-state index < -0.39 is 43.2 Å². The van der Waals surface area contributed by atoms with Gasteiger partial charge in [-0.25, -0.2) is 4.39 Å². The molecule has 1 aliphatic rings. The van der Waals surface area contributed by atoms with E-state index in [1.807, 2.05) is 19.9 Å². The topological polar surface area (TPSA) is 79.8 Å². The zero-order valence-corrected chi connectivity index (χ0v) is 22.5. The summed E-state index contributed by atoms with van der Waals surface area (Å²) in [6.45, 7) is 6.83. The number of thioether (sulfide) groups is 1. The normalized spacial score (nSPS) is 22.4. The molecule has 0 bridgehead atoms. The number of nitrogens with one attached hydrogen (secondary N) is 2. The number of halogens is 4. The predicted molar refractivity (Wildman–Crippen MR) is 134 cm³/mol. The average Bonchev–Trinajstić information content (AvgIpc) is 2.76. The molecule has 1 saturated heterocycles. The molecule has 0 aliphatic carbocycles. The molecule has 1 fully saturated rings. The molecule has 35 heavy (non-hydrogen) atoms. The Hall–Kier alpha value is -1.04. The molecule has 1 heterocycles. The summed E-state index contributed by atoms with van der Waals surface area (Å²) < 4.78 is 51.7. The number of aliphatic hydroxyl groups excluding tert-OH is 1. The highest BCUT2D eigenvalue weighted by atomic mass is 35.5. The van der Waals surface area contributed by atoms with Crippen molar-refractivity contribution in [2.45, 2.75) is 81.7 Å². The number of morpholine rings is 1. The zero-order valence-electron chi connectivity index (χ0n) is 20.9. The highest BCUT2D eigenvalue weighted by Crippen LogP contribution is 2.26. The van der Waals surface area contributed by atoms with Crippen LogP contribution >= 0.6 is 24.2 Å². The van der Waals surface area contributed by atoms with Crippen LogP contribution in [0.15, 0.2) is 23.1 Å². The first-order valence-corrected chi connectivity index (χ1v) is 12.4. The Morgan fingerprint density at radius 1 is 1.34 bits per heavy atom. The first-order valence-electron chi connectivity index (χ1n) is 11.5. The van der Waals surface area contributed by atoms with Crippen LogP contribution in [0.3, 0.4) is 0 Å². The van der Waals surface area contributed by atoms with Gasteiger partial charge in [0.25, 0.3) is 0 Å². The van der Waals surface area contributed by atoms with Gasteiger partial charge < -0.3 is 25.2 Å². The van der Waals surface area contributed by atoms with Crippen molar-refractivity contribution in [1.82, 2.24) is 10.6 Å². The molecule has 0 saturated carbocycles. The van der Waals surface area contributed by atoms with Crippen LogP contribution in [0.2, 0.25) is 0 Å². The van der Waals surface area contributed by atoms with Crippen LogP contribution in [0.1, 0.15) is 40.2 Å². The fourth-order valence-corrected chi connectivity index (χ4v) is 4.67. The predicted octanol–water partition coefficient (Wildman–Crippen LogP) is 3.82. The van der Waals surface area contributed by atoms with Gasteiger partial charge in [0, 0.05) is 22.5 Å². The summed E-state index contributed by atoms with van der Waals surface area (Å²) in [5, 5.41) is 17.3. The van der Waals surface area contributed by atoms with E-state index in [9.17, 15) is 23.1 Å². The Labute approximate surface area is 216 Å². The molecule has 2 rings (SSSR count). The van der Waals surface area contributed by atoms with Crippen molar-refractivity contribution < 1.29 is 32.5 Å². The van der Waals surface area contributed by atoms with E-state index in [1.165, 1.54) is 37.7 Å². The lowest BCUT2D eigenvalue weighted by atomic mass is 9.95.